The predicted molar refractivity (Wildman–Crippen MR) is 102 cm³/mol. The van der Waals surface area contributed by atoms with Gasteiger partial charge in [0, 0.05) is 23.4 Å². The number of carbonyl (C=O) groups excluding carboxylic acids is 2. The summed E-state index contributed by atoms with van der Waals surface area (Å²) in [5.41, 5.74) is 2.62. The molecule has 1 aliphatic carbocycles. The van der Waals surface area contributed by atoms with Crippen molar-refractivity contribution in [3.63, 3.8) is 0 Å². The molecule has 0 unspecified atom stereocenters. The lowest BCUT2D eigenvalue weighted by molar-refractivity contribution is -0.137. The molecule has 0 saturated heterocycles. The van der Waals surface area contributed by atoms with Gasteiger partial charge in [0.1, 0.15) is 0 Å². The molecule has 0 bridgehead atoms. The van der Waals surface area contributed by atoms with Crippen molar-refractivity contribution < 1.29 is 27.6 Å². The molecule has 0 amide bonds. The van der Waals surface area contributed by atoms with E-state index in [0.29, 0.717) is 37.3 Å². The van der Waals surface area contributed by atoms with Crippen LogP contribution >= 0.6 is 11.8 Å². The van der Waals surface area contributed by atoms with E-state index in [2.05, 4.69) is 5.48 Å². The third-order valence-electron chi connectivity index (χ3n) is 4.39. The first-order valence-electron chi connectivity index (χ1n) is 9.17. The largest absolute Gasteiger partial charge is 0.416 e. The Kier molecular flexibility index (Phi) is 8.12. The zero-order valence-electron chi connectivity index (χ0n) is 15.9. The number of thioether (sulfide) groups is 1. The van der Waals surface area contributed by atoms with E-state index in [0.717, 1.165) is 23.4 Å². The summed E-state index contributed by atoms with van der Waals surface area (Å²) in [6, 6.07) is 5.00. The highest BCUT2D eigenvalue weighted by atomic mass is 32.2. The van der Waals surface area contributed by atoms with Gasteiger partial charge in [-0.3, -0.25) is 19.9 Å². The van der Waals surface area contributed by atoms with Crippen LogP contribution in [-0.4, -0.2) is 23.9 Å². The molecule has 0 atom stereocenters. The number of rotatable bonds is 8. The number of allylic oxidation sites excluding steroid dienone is 2. The molecule has 1 saturated carbocycles. The minimum atomic E-state index is -4.34. The second-order valence-corrected chi connectivity index (χ2v) is 7.90. The Morgan fingerprint density at radius 2 is 1.79 bits per heavy atom. The Morgan fingerprint density at radius 3 is 2.32 bits per heavy atom. The maximum Gasteiger partial charge on any atom is 0.416 e. The second-order valence-electron chi connectivity index (χ2n) is 6.73. The smallest absolute Gasteiger partial charge is 0.294 e. The van der Waals surface area contributed by atoms with E-state index in [9.17, 15) is 22.8 Å². The molecule has 2 rings (SSSR count). The molecular formula is C20H24F3NO3S. The van der Waals surface area contributed by atoms with Crippen LogP contribution in [0.2, 0.25) is 0 Å². The van der Waals surface area contributed by atoms with Gasteiger partial charge in [0.25, 0.3) is 0 Å². The zero-order valence-corrected chi connectivity index (χ0v) is 16.7. The number of nitrogens with one attached hydrogen (secondary N) is 1. The van der Waals surface area contributed by atoms with Crippen molar-refractivity contribution in [2.45, 2.75) is 50.6 Å². The van der Waals surface area contributed by atoms with Crippen LogP contribution in [0.4, 0.5) is 13.2 Å². The molecule has 0 heterocycles. The second kappa shape index (κ2) is 10.1. The van der Waals surface area contributed by atoms with Crippen molar-refractivity contribution in [3.8, 4) is 0 Å². The summed E-state index contributed by atoms with van der Waals surface area (Å²) in [6.45, 7) is 4.09. The average Bonchev–Trinajstić information content (AvgIpc) is 2.61. The first-order chi connectivity index (χ1) is 13.2. The maximum atomic E-state index is 12.6. The minimum Gasteiger partial charge on any atom is -0.294 e. The third-order valence-corrected chi connectivity index (χ3v) is 5.43. The van der Waals surface area contributed by atoms with Gasteiger partial charge in [-0.25, -0.2) is 0 Å². The van der Waals surface area contributed by atoms with Gasteiger partial charge >= 0.3 is 6.18 Å². The lowest BCUT2D eigenvalue weighted by atomic mass is 9.82. The Balaban J connectivity index is 1.84. The molecule has 0 radical (unpaired) electrons. The molecule has 1 N–H and O–H groups in total. The van der Waals surface area contributed by atoms with Crippen LogP contribution in [0.25, 0.3) is 0 Å². The van der Waals surface area contributed by atoms with Crippen LogP contribution in [-0.2, 0) is 20.6 Å². The van der Waals surface area contributed by atoms with E-state index < -0.39 is 11.7 Å². The first kappa shape index (κ1) is 22.5. The molecule has 154 valence electrons. The van der Waals surface area contributed by atoms with Crippen molar-refractivity contribution in [2.75, 3.05) is 12.4 Å². The fraction of sp³-hybridized carbons (Fsp3) is 0.500. The number of halogens is 3. The lowest BCUT2D eigenvalue weighted by Gasteiger charge is -2.23. The van der Waals surface area contributed by atoms with Crippen molar-refractivity contribution >= 4 is 23.3 Å². The van der Waals surface area contributed by atoms with Gasteiger partial charge in [-0.1, -0.05) is 6.92 Å². The SMILES string of the molecule is CCCONC(C)=C1C(=O)CC(CCSc2ccc(C(F)(F)F)cc2)CC1=O. The van der Waals surface area contributed by atoms with Crippen LogP contribution in [0.1, 0.15) is 45.1 Å². The molecule has 28 heavy (non-hydrogen) atoms. The standard InChI is InChI=1S/C20H24F3NO3S/c1-3-9-27-24-13(2)19-17(25)11-14(12-18(19)26)8-10-28-16-6-4-15(5-7-16)20(21,22)23/h4-7,14,24H,3,8-12H2,1-2H3. The van der Waals surface area contributed by atoms with E-state index in [4.69, 9.17) is 4.84 Å². The van der Waals surface area contributed by atoms with E-state index >= 15 is 0 Å². The Labute approximate surface area is 166 Å². The molecule has 1 fully saturated rings. The van der Waals surface area contributed by atoms with Crippen molar-refractivity contribution in [3.05, 3.63) is 41.1 Å². The molecule has 1 aromatic carbocycles. The number of carbonyl (C=O) groups is 2. The summed E-state index contributed by atoms with van der Waals surface area (Å²) in [5.74, 6) is 0.207. The van der Waals surface area contributed by atoms with Crippen LogP contribution in [0, 0.1) is 5.92 Å². The molecule has 8 heteroatoms. The van der Waals surface area contributed by atoms with Crippen LogP contribution in [0.15, 0.2) is 40.4 Å². The summed E-state index contributed by atoms with van der Waals surface area (Å²) in [4.78, 5) is 30.6. The number of hydrogen-bond acceptors (Lipinski definition) is 5. The lowest BCUT2D eigenvalue weighted by Crippen LogP contribution is -2.30. The van der Waals surface area contributed by atoms with Gasteiger partial charge in [0.15, 0.2) is 11.6 Å². The quantitative estimate of drug-likeness (QED) is 0.214. The van der Waals surface area contributed by atoms with Gasteiger partial charge in [-0.05, 0) is 55.7 Å². The van der Waals surface area contributed by atoms with Gasteiger partial charge in [0.2, 0.25) is 0 Å². The zero-order chi connectivity index (χ0) is 20.7. The van der Waals surface area contributed by atoms with Gasteiger partial charge in [-0.15, -0.1) is 11.8 Å². The van der Waals surface area contributed by atoms with Crippen LogP contribution in [0.5, 0.6) is 0 Å². The highest BCUT2D eigenvalue weighted by Crippen LogP contribution is 2.32. The van der Waals surface area contributed by atoms with E-state index in [1.54, 1.807) is 6.92 Å². The Bertz CT molecular complexity index is 709. The van der Waals surface area contributed by atoms with Gasteiger partial charge in [-0.2, -0.15) is 13.2 Å². The molecule has 4 nitrogen and oxygen atoms in total. The average molecular weight is 415 g/mol. The number of hydroxylamine groups is 1. The topological polar surface area (TPSA) is 55.4 Å². The van der Waals surface area contributed by atoms with E-state index in [1.807, 2.05) is 6.92 Å². The number of hydrogen-bond donors (Lipinski definition) is 1. The first-order valence-corrected chi connectivity index (χ1v) is 10.2. The van der Waals surface area contributed by atoms with Crippen molar-refractivity contribution in [1.29, 1.82) is 0 Å². The third kappa shape index (κ3) is 6.38. The summed E-state index contributed by atoms with van der Waals surface area (Å²) in [5, 5.41) is 0. The number of ketones is 2. The normalized spacial score (nSPS) is 17.8. The number of alkyl halides is 3. The van der Waals surface area contributed by atoms with E-state index in [1.165, 1.54) is 23.9 Å². The van der Waals surface area contributed by atoms with Crippen molar-refractivity contribution in [2.24, 2.45) is 5.92 Å². The highest BCUT2D eigenvalue weighted by molar-refractivity contribution is 7.99. The molecule has 0 aliphatic heterocycles. The molecule has 0 spiro atoms. The summed E-state index contributed by atoms with van der Waals surface area (Å²) >= 11 is 1.42. The van der Waals surface area contributed by atoms with Gasteiger partial charge < -0.3 is 0 Å². The van der Waals surface area contributed by atoms with Crippen molar-refractivity contribution in [1.82, 2.24) is 5.48 Å². The molecule has 1 aliphatic rings. The van der Waals surface area contributed by atoms with Crippen LogP contribution in [0.3, 0.4) is 0 Å². The summed E-state index contributed by atoms with van der Waals surface area (Å²) < 4.78 is 37.7. The Hall–Kier alpha value is -1.80. The Morgan fingerprint density at radius 1 is 1.18 bits per heavy atom. The predicted octanol–water partition coefficient (Wildman–Crippen LogP) is 4.94. The molecule has 0 aromatic heterocycles. The fourth-order valence-corrected chi connectivity index (χ4v) is 3.99. The number of Topliss-reactive ketones (excluding diaryl/α,β-unsaturated/α-hetero) is 2. The summed E-state index contributed by atoms with van der Waals surface area (Å²) in [7, 11) is 0. The number of benzene rings is 1. The summed E-state index contributed by atoms with van der Waals surface area (Å²) in [6.07, 6.45) is -2.29. The van der Waals surface area contributed by atoms with Crippen LogP contribution < -0.4 is 5.48 Å². The van der Waals surface area contributed by atoms with Gasteiger partial charge in [0.05, 0.1) is 17.7 Å². The maximum absolute atomic E-state index is 12.6. The fourth-order valence-electron chi connectivity index (χ4n) is 2.97. The minimum absolute atomic E-state index is 0.0462. The van der Waals surface area contributed by atoms with E-state index in [-0.39, 0.29) is 23.1 Å². The highest BCUT2D eigenvalue weighted by Gasteiger charge is 2.32. The molecule has 1 aromatic rings. The molecular weight excluding hydrogens is 391 g/mol. The monoisotopic (exact) mass is 415 g/mol.